The molecule has 0 bridgehead atoms. The molecule has 0 amide bonds. The van der Waals surface area contributed by atoms with E-state index in [1.807, 2.05) is 6.92 Å². The van der Waals surface area contributed by atoms with Gasteiger partial charge in [0, 0.05) is 17.5 Å². The van der Waals surface area contributed by atoms with Crippen molar-refractivity contribution in [2.24, 2.45) is 0 Å². The molecule has 0 heterocycles. The predicted molar refractivity (Wildman–Crippen MR) is 132 cm³/mol. The van der Waals surface area contributed by atoms with Crippen molar-refractivity contribution in [1.82, 2.24) is 0 Å². The van der Waals surface area contributed by atoms with Crippen molar-refractivity contribution in [2.45, 2.75) is 39.8 Å². The number of hydrogen-bond acceptors (Lipinski definition) is 3. The minimum absolute atomic E-state index is 0.648. The summed E-state index contributed by atoms with van der Waals surface area (Å²) in [7, 11) is -0.648. The summed E-state index contributed by atoms with van der Waals surface area (Å²) >= 11 is 0. The lowest BCUT2D eigenvalue weighted by Crippen LogP contribution is -2.17. The van der Waals surface area contributed by atoms with Crippen LogP contribution in [0.4, 0.5) is 0 Å². The van der Waals surface area contributed by atoms with E-state index in [4.69, 9.17) is 14.2 Å². The standard InChI is InChI=1S/C27H33O3P/c1-4-18-29-24-14-17-27(26(20-24)30-19-5-2)31(21-22-10-8-7-9-11-22)25-15-12-23(13-16-25)28-6-3/h7-17,20H,4-6,18-19,21H2,1-3H3. The molecule has 3 aromatic carbocycles. The molecule has 4 heteroatoms. The lowest BCUT2D eigenvalue weighted by molar-refractivity contribution is 0.303. The molecule has 0 aliphatic heterocycles. The van der Waals surface area contributed by atoms with E-state index >= 15 is 0 Å². The molecule has 0 aromatic heterocycles. The maximum absolute atomic E-state index is 6.22. The molecule has 1 atom stereocenters. The lowest BCUT2D eigenvalue weighted by Gasteiger charge is -2.23. The molecule has 0 aliphatic carbocycles. The maximum atomic E-state index is 6.22. The van der Waals surface area contributed by atoms with E-state index in [-0.39, 0.29) is 0 Å². The highest BCUT2D eigenvalue weighted by atomic mass is 31.1. The Morgan fingerprint density at radius 3 is 2.03 bits per heavy atom. The van der Waals surface area contributed by atoms with Crippen LogP contribution in [-0.4, -0.2) is 19.8 Å². The Kier molecular flexibility index (Phi) is 9.24. The number of rotatable bonds is 12. The Morgan fingerprint density at radius 2 is 1.35 bits per heavy atom. The normalized spacial score (nSPS) is 11.7. The zero-order valence-electron chi connectivity index (χ0n) is 18.8. The quantitative estimate of drug-likeness (QED) is 0.312. The molecule has 31 heavy (non-hydrogen) atoms. The van der Waals surface area contributed by atoms with Crippen LogP contribution in [0.1, 0.15) is 39.2 Å². The highest BCUT2D eigenvalue weighted by Crippen LogP contribution is 2.42. The zero-order chi connectivity index (χ0) is 21.9. The van der Waals surface area contributed by atoms with Crippen molar-refractivity contribution < 1.29 is 14.2 Å². The number of hydrogen-bond donors (Lipinski definition) is 0. The molecule has 0 saturated carbocycles. The molecule has 164 valence electrons. The van der Waals surface area contributed by atoms with Gasteiger partial charge < -0.3 is 14.2 Å². The third-order valence-electron chi connectivity index (χ3n) is 4.80. The van der Waals surface area contributed by atoms with Crippen LogP contribution in [-0.2, 0) is 6.16 Å². The smallest absolute Gasteiger partial charge is 0.130 e. The monoisotopic (exact) mass is 436 g/mol. The highest BCUT2D eigenvalue weighted by molar-refractivity contribution is 7.72. The Hall–Kier alpha value is -2.51. The topological polar surface area (TPSA) is 27.7 Å². The molecule has 0 N–H and O–H groups in total. The van der Waals surface area contributed by atoms with Crippen LogP contribution in [0.5, 0.6) is 17.2 Å². The number of benzene rings is 3. The summed E-state index contributed by atoms with van der Waals surface area (Å²) < 4.78 is 17.8. The van der Waals surface area contributed by atoms with Gasteiger partial charge in [-0.2, -0.15) is 0 Å². The zero-order valence-corrected chi connectivity index (χ0v) is 19.7. The van der Waals surface area contributed by atoms with Gasteiger partial charge >= 0.3 is 0 Å². The minimum atomic E-state index is -0.648. The second-order valence-electron chi connectivity index (χ2n) is 7.33. The van der Waals surface area contributed by atoms with E-state index in [9.17, 15) is 0 Å². The molecular weight excluding hydrogens is 403 g/mol. The van der Waals surface area contributed by atoms with Gasteiger partial charge in [-0.1, -0.05) is 56.3 Å². The summed E-state index contributed by atoms with van der Waals surface area (Å²) in [6, 6.07) is 25.6. The second kappa shape index (κ2) is 12.4. The Balaban J connectivity index is 2.00. The SMILES string of the molecule is CCCOc1ccc(P(Cc2ccccc2)c2ccc(OCC)cc2)c(OCCC)c1. The summed E-state index contributed by atoms with van der Waals surface area (Å²) in [5.74, 6) is 2.72. The minimum Gasteiger partial charge on any atom is -0.494 e. The first-order valence-electron chi connectivity index (χ1n) is 11.2. The van der Waals surface area contributed by atoms with Crippen LogP contribution in [0, 0.1) is 0 Å². The van der Waals surface area contributed by atoms with Crippen molar-refractivity contribution >= 4 is 18.5 Å². The van der Waals surface area contributed by atoms with Crippen molar-refractivity contribution in [3.05, 3.63) is 78.4 Å². The predicted octanol–water partition coefficient (Wildman–Crippen LogP) is 6.30. The van der Waals surface area contributed by atoms with Crippen LogP contribution in [0.15, 0.2) is 72.8 Å². The summed E-state index contributed by atoms with van der Waals surface area (Å²) in [4.78, 5) is 0. The van der Waals surface area contributed by atoms with Gasteiger partial charge in [0.25, 0.3) is 0 Å². The first-order valence-corrected chi connectivity index (χ1v) is 12.7. The van der Waals surface area contributed by atoms with Crippen molar-refractivity contribution in [3.63, 3.8) is 0 Å². The van der Waals surface area contributed by atoms with Crippen LogP contribution in [0.2, 0.25) is 0 Å². The highest BCUT2D eigenvalue weighted by Gasteiger charge is 2.20. The van der Waals surface area contributed by atoms with Gasteiger partial charge in [0.05, 0.1) is 19.8 Å². The summed E-state index contributed by atoms with van der Waals surface area (Å²) in [6.07, 6.45) is 2.92. The second-order valence-corrected chi connectivity index (χ2v) is 9.50. The molecule has 3 aromatic rings. The van der Waals surface area contributed by atoms with E-state index in [0.717, 1.165) is 36.3 Å². The first-order chi connectivity index (χ1) is 15.2. The number of ether oxygens (including phenoxy) is 3. The van der Waals surface area contributed by atoms with E-state index in [1.54, 1.807) is 0 Å². The van der Waals surface area contributed by atoms with Gasteiger partial charge in [-0.3, -0.25) is 0 Å². The fraction of sp³-hybridized carbons (Fsp3) is 0.333. The van der Waals surface area contributed by atoms with Crippen LogP contribution >= 0.6 is 7.92 Å². The van der Waals surface area contributed by atoms with Gasteiger partial charge in [-0.05, 0) is 62.8 Å². The molecule has 3 rings (SSSR count). The summed E-state index contributed by atoms with van der Waals surface area (Å²) in [5.41, 5.74) is 1.33. The summed E-state index contributed by atoms with van der Waals surface area (Å²) in [6.45, 7) is 8.35. The van der Waals surface area contributed by atoms with Gasteiger partial charge in [-0.25, -0.2) is 0 Å². The maximum Gasteiger partial charge on any atom is 0.130 e. The Bertz CT molecular complexity index is 910. The average Bonchev–Trinajstić information content (AvgIpc) is 2.81. The molecular formula is C27H33O3P. The van der Waals surface area contributed by atoms with E-state index < -0.39 is 7.92 Å². The van der Waals surface area contributed by atoms with Gasteiger partial charge in [0.1, 0.15) is 17.2 Å². The average molecular weight is 437 g/mol. The largest absolute Gasteiger partial charge is 0.494 e. The Morgan fingerprint density at radius 1 is 0.677 bits per heavy atom. The van der Waals surface area contributed by atoms with Crippen molar-refractivity contribution in [1.29, 1.82) is 0 Å². The van der Waals surface area contributed by atoms with Gasteiger partial charge in [-0.15, -0.1) is 0 Å². The van der Waals surface area contributed by atoms with Crippen LogP contribution < -0.4 is 24.8 Å². The third kappa shape index (κ3) is 6.74. The molecule has 0 fully saturated rings. The van der Waals surface area contributed by atoms with Gasteiger partial charge in [0.2, 0.25) is 0 Å². The fourth-order valence-electron chi connectivity index (χ4n) is 3.33. The van der Waals surface area contributed by atoms with E-state index in [2.05, 4.69) is 86.6 Å². The van der Waals surface area contributed by atoms with E-state index in [0.29, 0.717) is 19.8 Å². The van der Waals surface area contributed by atoms with Crippen molar-refractivity contribution in [2.75, 3.05) is 19.8 Å². The van der Waals surface area contributed by atoms with Crippen LogP contribution in [0.3, 0.4) is 0 Å². The Labute approximate surface area is 188 Å². The van der Waals surface area contributed by atoms with Crippen LogP contribution in [0.25, 0.3) is 0 Å². The summed E-state index contributed by atoms with van der Waals surface area (Å²) in [5, 5.41) is 2.56. The van der Waals surface area contributed by atoms with E-state index in [1.165, 1.54) is 16.2 Å². The molecule has 1 unspecified atom stereocenters. The lowest BCUT2D eigenvalue weighted by atomic mass is 10.2. The molecule has 0 saturated heterocycles. The first kappa shape index (κ1) is 23.2. The van der Waals surface area contributed by atoms with Crippen molar-refractivity contribution in [3.8, 4) is 17.2 Å². The molecule has 0 spiro atoms. The molecule has 0 radical (unpaired) electrons. The molecule has 0 aliphatic rings. The fourth-order valence-corrected chi connectivity index (χ4v) is 5.69. The molecule has 3 nitrogen and oxygen atoms in total. The van der Waals surface area contributed by atoms with Gasteiger partial charge in [0.15, 0.2) is 0 Å². The third-order valence-corrected chi connectivity index (χ3v) is 7.35.